The van der Waals surface area contributed by atoms with Crippen LogP contribution in [0.5, 0.6) is 0 Å². The van der Waals surface area contributed by atoms with E-state index in [9.17, 15) is 4.79 Å². The molecule has 0 aromatic rings. The van der Waals surface area contributed by atoms with Gasteiger partial charge in [-0.25, -0.2) is 0 Å². The molecule has 1 aliphatic rings. The molecule has 84 valence electrons. The van der Waals surface area contributed by atoms with Gasteiger partial charge in [-0.15, -0.1) is 0 Å². The van der Waals surface area contributed by atoms with Gasteiger partial charge < -0.3 is 10.2 Å². The van der Waals surface area contributed by atoms with E-state index in [1.165, 1.54) is 0 Å². The van der Waals surface area contributed by atoms with Crippen molar-refractivity contribution in [2.75, 3.05) is 20.1 Å². The van der Waals surface area contributed by atoms with E-state index in [0.717, 1.165) is 19.4 Å². The van der Waals surface area contributed by atoms with E-state index in [-0.39, 0.29) is 11.9 Å². The fraction of sp³-hybridized carbons (Fsp3) is 0.818. The van der Waals surface area contributed by atoms with Gasteiger partial charge in [0, 0.05) is 13.6 Å². The smallest absolute Gasteiger partial charge is 0.239 e. The third kappa shape index (κ3) is 3.21. The summed E-state index contributed by atoms with van der Waals surface area (Å²) >= 11 is 0. The number of carbonyl (C=O) groups excluding carboxylic acids is 1. The van der Waals surface area contributed by atoms with E-state index >= 15 is 0 Å². The van der Waals surface area contributed by atoms with Gasteiger partial charge in [0.25, 0.3) is 0 Å². The van der Waals surface area contributed by atoms with E-state index in [2.05, 4.69) is 18.3 Å². The van der Waals surface area contributed by atoms with E-state index in [1.807, 2.05) is 0 Å². The monoisotopic (exact) mass is 209 g/mol. The van der Waals surface area contributed by atoms with Crippen LogP contribution in [0.25, 0.3) is 0 Å². The highest BCUT2D eigenvalue weighted by Gasteiger charge is 2.29. The number of amides is 1. The number of piperidine rings is 1. The Morgan fingerprint density at radius 1 is 1.67 bits per heavy atom. The summed E-state index contributed by atoms with van der Waals surface area (Å²) in [4.78, 5) is 13.6. The molecule has 0 radical (unpaired) electrons. The summed E-state index contributed by atoms with van der Waals surface area (Å²) in [6.07, 6.45) is 2.66. The van der Waals surface area contributed by atoms with Crippen LogP contribution >= 0.6 is 0 Å². The summed E-state index contributed by atoms with van der Waals surface area (Å²) in [5, 5.41) is 11.7. The zero-order chi connectivity index (χ0) is 11.3. The molecule has 1 rings (SSSR count). The van der Waals surface area contributed by atoms with Crippen LogP contribution in [0.15, 0.2) is 0 Å². The largest absolute Gasteiger partial charge is 0.343 e. The summed E-state index contributed by atoms with van der Waals surface area (Å²) < 4.78 is 0. The van der Waals surface area contributed by atoms with Crippen LogP contribution in [-0.4, -0.2) is 37.0 Å². The zero-order valence-corrected chi connectivity index (χ0v) is 9.49. The molecule has 0 aromatic heterocycles. The Labute approximate surface area is 91.2 Å². The van der Waals surface area contributed by atoms with E-state index in [4.69, 9.17) is 5.26 Å². The van der Waals surface area contributed by atoms with Gasteiger partial charge in [0.15, 0.2) is 0 Å². The molecule has 0 aromatic carbocycles. The minimum absolute atomic E-state index is 0.0533. The molecular weight excluding hydrogens is 190 g/mol. The molecule has 1 aliphatic heterocycles. The maximum atomic E-state index is 12.0. The molecular formula is C11H19N3O. The van der Waals surface area contributed by atoms with Gasteiger partial charge in [0.1, 0.15) is 0 Å². The maximum Gasteiger partial charge on any atom is 0.239 e. The molecule has 0 spiro atoms. The Hall–Kier alpha value is -1.08. The van der Waals surface area contributed by atoms with Gasteiger partial charge in [-0.2, -0.15) is 5.26 Å². The SMILES string of the molecule is CC1CCCNC1C(=O)N(C)CCC#N. The second kappa shape index (κ2) is 5.72. The van der Waals surface area contributed by atoms with Crippen molar-refractivity contribution in [1.29, 1.82) is 5.26 Å². The summed E-state index contributed by atoms with van der Waals surface area (Å²) in [5.41, 5.74) is 0. The minimum atomic E-state index is -0.0533. The third-order valence-electron chi connectivity index (χ3n) is 2.97. The van der Waals surface area contributed by atoms with Crippen LogP contribution in [0.2, 0.25) is 0 Å². The molecule has 0 aliphatic carbocycles. The average molecular weight is 209 g/mol. The number of hydrogen-bond acceptors (Lipinski definition) is 3. The summed E-state index contributed by atoms with van der Waals surface area (Å²) in [5.74, 6) is 0.522. The Bertz CT molecular complexity index is 259. The van der Waals surface area contributed by atoms with Gasteiger partial charge >= 0.3 is 0 Å². The highest BCUT2D eigenvalue weighted by Crippen LogP contribution is 2.16. The number of nitrogens with zero attached hydrogens (tertiary/aromatic N) is 2. The number of carbonyl (C=O) groups is 1. The lowest BCUT2D eigenvalue weighted by atomic mass is 9.92. The number of nitrogens with one attached hydrogen (secondary N) is 1. The summed E-state index contributed by atoms with van der Waals surface area (Å²) in [6.45, 7) is 3.56. The van der Waals surface area contributed by atoms with E-state index < -0.39 is 0 Å². The van der Waals surface area contributed by atoms with Crippen molar-refractivity contribution >= 4 is 5.91 Å². The number of hydrogen-bond donors (Lipinski definition) is 1. The summed E-state index contributed by atoms with van der Waals surface area (Å²) in [7, 11) is 1.77. The van der Waals surface area contributed by atoms with Gasteiger partial charge in [-0.05, 0) is 25.3 Å². The van der Waals surface area contributed by atoms with Gasteiger partial charge in [0.2, 0.25) is 5.91 Å². The molecule has 2 atom stereocenters. The molecule has 1 heterocycles. The van der Waals surface area contributed by atoms with Crippen molar-refractivity contribution in [3.63, 3.8) is 0 Å². The zero-order valence-electron chi connectivity index (χ0n) is 9.49. The number of rotatable bonds is 3. The quantitative estimate of drug-likeness (QED) is 0.746. The topological polar surface area (TPSA) is 56.1 Å². The number of likely N-dealkylation sites (N-methyl/N-ethyl adjacent to an activating group) is 1. The molecule has 1 N–H and O–H groups in total. The third-order valence-corrected chi connectivity index (χ3v) is 2.97. The Balaban J connectivity index is 2.47. The fourth-order valence-electron chi connectivity index (χ4n) is 1.95. The molecule has 1 amide bonds. The molecule has 15 heavy (non-hydrogen) atoms. The van der Waals surface area contributed by atoms with Crippen molar-refractivity contribution in [1.82, 2.24) is 10.2 Å². The maximum absolute atomic E-state index is 12.0. The lowest BCUT2D eigenvalue weighted by Gasteiger charge is -2.32. The van der Waals surface area contributed by atoms with Crippen LogP contribution < -0.4 is 5.32 Å². The van der Waals surface area contributed by atoms with Crippen LogP contribution in [0.4, 0.5) is 0 Å². The second-order valence-electron chi connectivity index (χ2n) is 4.22. The second-order valence-corrected chi connectivity index (χ2v) is 4.22. The highest BCUT2D eigenvalue weighted by molar-refractivity contribution is 5.82. The predicted molar refractivity (Wildman–Crippen MR) is 58.1 cm³/mol. The highest BCUT2D eigenvalue weighted by atomic mass is 16.2. The normalized spacial score (nSPS) is 25.7. The van der Waals surface area contributed by atoms with Crippen molar-refractivity contribution in [2.24, 2.45) is 5.92 Å². The van der Waals surface area contributed by atoms with Crippen molar-refractivity contribution in [2.45, 2.75) is 32.2 Å². The first-order chi connectivity index (χ1) is 7.16. The lowest BCUT2D eigenvalue weighted by Crippen LogP contribution is -2.51. The van der Waals surface area contributed by atoms with E-state index in [0.29, 0.717) is 18.9 Å². The van der Waals surface area contributed by atoms with Crippen LogP contribution in [0.3, 0.4) is 0 Å². The average Bonchev–Trinajstić information content (AvgIpc) is 2.25. The van der Waals surface area contributed by atoms with Gasteiger partial charge in [0.05, 0.1) is 18.5 Å². The first-order valence-electron chi connectivity index (χ1n) is 5.52. The molecule has 4 heteroatoms. The Morgan fingerprint density at radius 2 is 2.40 bits per heavy atom. The molecule has 0 saturated carbocycles. The fourth-order valence-corrected chi connectivity index (χ4v) is 1.95. The van der Waals surface area contributed by atoms with Crippen LogP contribution in [-0.2, 0) is 4.79 Å². The summed E-state index contributed by atoms with van der Waals surface area (Å²) in [6, 6.07) is 2.00. The van der Waals surface area contributed by atoms with Crippen LogP contribution in [0, 0.1) is 17.2 Å². The first kappa shape index (κ1) is 12.0. The van der Waals surface area contributed by atoms with Crippen molar-refractivity contribution in [3.8, 4) is 6.07 Å². The van der Waals surface area contributed by atoms with Crippen LogP contribution in [0.1, 0.15) is 26.2 Å². The minimum Gasteiger partial charge on any atom is -0.343 e. The van der Waals surface area contributed by atoms with Gasteiger partial charge in [-0.1, -0.05) is 6.92 Å². The standard InChI is InChI=1S/C11H19N3O/c1-9-5-3-7-13-10(9)11(15)14(2)8-4-6-12/h9-10,13H,3-5,7-8H2,1-2H3. The van der Waals surface area contributed by atoms with E-state index in [1.54, 1.807) is 11.9 Å². The Morgan fingerprint density at radius 3 is 3.00 bits per heavy atom. The Kier molecular flexibility index (Phi) is 4.57. The molecule has 1 fully saturated rings. The predicted octanol–water partition coefficient (Wildman–Crippen LogP) is 0.747. The molecule has 4 nitrogen and oxygen atoms in total. The van der Waals surface area contributed by atoms with Crippen molar-refractivity contribution in [3.05, 3.63) is 0 Å². The molecule has 0 bridgehead atoms. The van der Waals surface area contributed by atoms with Gasteiger partial charge in [-0.3, -0.25) is 4.79 Å². The van der Waals surface area contributed by atoms with Crippen molar-refractivity contribution < 1.29 is 4.79 Å². The number of nitriles is 1. The lowest BCUT2D eigenvalue weighted by molar-refractivity contribution is -0.133. The molecule has 1 saturated heterocycles. The molecule has 2 unspecified atom stereocenters. The first-order valence-corrected chi connectivity index (χ1v) is 5.52.